The Morgan fingerprint density at radius 3 is 2.37 bits per heavy atom. The number of hydrogen-bond donors (Lipinski definition) is 0. The van der Waals surface area contributed by atoms with Crippen LogP contribution in [-0.2, 0) is 14.1 Å². The average molecular weight is 257 g/mol. The molecule has 0 N–H and O–H groups in total. The van der Waals surface area contributed by atoms with Crippen LogP contribution in [0.4, 0.5) is 0 Å². The highest BCUT2D eigenvalue weighted by atomic mass is 16.3. The summed E-state index contributed by atoms with van der Waals surface area (Å²) in [6.07, 6.45) is 1.29. The summed E-state index contributed by atoms with van der Waals surface area (Å²) in [6, 6.07) is 9.94. The molecule has 0 amide bonds. The van der Waals surface area contributed by atoms with Crippen LogP contribution in [0.3, 0.4) is 0 Å². The maximum absolute atomic E-state index is 12.0. The van der Waals surface area contributed by atoms with E-state index in [9.17, 15) is 14.7 Å². The van der Waals surface area contributed by atoms with E-state index in [1.54, 1.807) is 24.3 Å². The van der Waals surface area contributed by atoms with Gasteiger partial charge in [0.15, 0.2) is 0 Å². The lowest BCUT2D eigenvalue weighted by Crippen LogP contribution is -2.37. The van der Waals surface area contributed by atoms with Gasteiger partial charge in [-0.05, 0) is 11.6 Å². The Kier molecular flexibility index (Phi) is 3.37. The van der Waals surface area contributed by atoms with Gasteiger partial charge in [0.1, 0.15) is 0 Å². The Morgan fingerprint density at radius 2 is 1.74 bits per heavy atom. The molecule has 1 aromatic carbocycles. The van der Waals surface area contributed by atoms with Gasteiger partial charge in [0.2, 0.25) is 0 Å². The number of benzene rings is 1. The molecule has 0 aliphatic rings. The van der Waals surface area contributed by atoms with Crippen LogP contribution < -0.4 is 16.4 Å². The molecule has 0 saturated carbocycles. The van der Waals surface area contributed by atoms with Gasteiger partial charge >= 0.3 is 5.69 Å². The first-order chi connectivity index (χ1) is 9.00. The second-order valence-electron chi connectivity index (χ2n) is 4.18. The maximum Gasteiger partial charge on any atom is 0.330 e. The van der Waals surface area contributed by atoms with Crippen molar-refractivity contribution in [1.82, 2.24) is 9.13 Å². The number of aromatic nitrogens is 2. The van der Waals surface area contributed by atoms with Crippen LogP contribution in [0, 0.1) is 0 Å². The van der Waals surface area contributed by atoms with E-state index in [0.29, 0.717) is 11.3 Å². The van der Waals surface area contributed by atoms with Crippen molar-refractivity contribution in [2.24, 2.45) is 14.1 Å². The molecule has 0 aliphatic heterocycles. The third-order valence-corrected chi connectivity index (χ3v) is 2.90. The zero-order chi connectivity index (χ0) is 14.0. The van der Waals surface area contributed by atoms with Crippen LogP contribution in [0.5, 0.6) is 0 Å². The molecular weight excluding hydrogens is 244 g/mol. The highest BCUT2D eigenvalue weighted by molar-refractivity contribution is 5.73. The fourth-order valence-electron chi connectivity index (χ4n) is 1.71. The van der Waals surface area contributed by atoms with Crippen LogP contribution in [0.25, 0.3) is 11.8 Å². The van der Waals surface area contributed by atoms with Gasteiger partial charge < -0.3 is 5.11 Å². The predicted octanol–water partition coefficient (Wildman–Crippen LogP) is -0.0576. The summed E-state index contributed by atoms with van der Waals surface area (Å²) in [7, 11) is 2.92. The van der Waals surface area contributed by atoms with E-state index in [4.69, 9.17) is 0 Å². The van der Waals surface area contributed by atoms with Gasteiger partial charge in [-0.3, -0.25) is 13.9 Å². The first-order valence-corrected chi connectivity index (χ1v) is 5.72. The van der Waals surface area contributed by atoms with Gasteiger partial charge in [-0.2, -0.15) is 0 Å². The van der Waals surface area contributed by atoms with Gasteiger partial charge in [0.25, 0.3) is 5.56 Å². The lowest BCUT2D eigenvalue weighted by atomic mass is 10.1. The molecule has 0 atom stereocenters. The Hall–Kier alpha value is -2.56. The van der Waals surface area contributed by atoms with Gasteiger partial charge in [-0.25, -0.2) is 4.79 Å². The molecule has 98 valence electrons. The summed E-state index contributed by atoms with van der Waals surface area (Å²) >= 11 is 0. The normalized spacial score (nSPS) is 11.6. The lowest BCUT2D eigenvalue weighted by Gasteiger charge is -2.13. The molecule has 19 heavy (non-hydrogen) atoms. The van der Waals surface area contributed by atoms with E-state index in [-0.39, 0.29) is 5.76 Å². The number of nitrogens with zero attached hydrogens (tertiary/aromatic N) is 2. The van der Waals surface area contributed by atoms with Gasteiger partial charge in [-0.1, -0.05) is 36.1 Å². The Labute approximate surface area is 109 Å². The minimum absolute atomic E-state index is 0.246. The monoisotopic (exact) mass is 257 g/mol. The van der Waals surface area contributed by atoms with E-state index in [1.807, 2.05) is 6.07 Å². The lowest BCUT2D eigenvalue weighted by molar-refractivity contribution is -0.242. The van der Waals surface area contributed by atoms with Crippen molar-refractivity contribution in [2.75, 3.05) is 0 Å². The van der Waals surface area contributed by atoms with Gasteiger partial charge in [0, 0.05) is 25.9 Å². The second-order valence-corrected chi connectivity index (χ2v) is 4.18. The molecule has 5 heteroatoms. The molecule has 0 saturated heterocycles. The third kappa shape index (κ3) is 2.49. The maximum atomic E-state index is 12.0. The molecule has 0 radical (unpaired) electrons. The van der Waals surface area contributed by atoms with E-state index >= 15 is 0 Å². The van der Waals surface area contributed by atoms with Crippen LogP contribution in [0.2, 0.25) is 0 Å². The molecule has 1 heterocycles. The molecule has 2 aromatic rings. The van der Waals surface area contributed by atoms with Crippen molar-refractivity contribution in [2.45, 2.75) is 0 Å². The first-order valence-electron chi connectivity index (χ1n) is 5.72. The summed E-state index contributed by atoms with van der Waals surface area (Å²) in [5.41, 5.74) is -0.0904. The van der Waals surface area contributed by atoms with Crippen molar-refractivity contribution in [3.8, 4) is 0 Å². The minimum Gasteiger partial charge on any atom is -0.872 e. The van der Waals surface area contributed by atoms with Crippen molar-refractivity contribution in [1.29, 1.82) is 0 Å². The molecule has 0 spiro atoms. The fraction of sp³-hybridized carbons (Fsp3) is 0.143. The van der Waals surface area contributed by atoms with Crippen LogP contribution in [-0.4, -0.2) is 9.13 Å². The topological polar surface area (TPSA) is 67.1 Å². The summed E-state index contributed by atoms with van der Waals surface area (Å²) < 4.78 is 2.26. The second kappa shape index (κ2) is 4.97. The molecule has 0 fully saturated rings. The molecule has 5 nitrogen and oxygen atoms in total. The van der Waals surface area contributed by atoms with E-state index in [2.05, 4.69) is 0 Å². The number of rotatable bonds is 2. The largest absolute Gasteiger partial charge is 0.872 e. The molecular formula is C14H13N2O3-. The Morgan fingerprint density at radius 1 is 1.11 bits per heavy atom. The SMILES string of the molecule is Cn1c(/C=C(\[O-])c2ccccc2)cc(=O)n(C)c1=O. The third-order valence-electron chi connectivity index (χ3n) is 2.90. The Bertz CT molecular complexity index is 740. The summed E-state index contributed by atoms with van der Waals surface area (Å²) in [6.45, 7) is 0. The minimum atomic E-state index is -0.459. The van der Waals surface area contributed by atoms with Crippen molar-refractivity contribution in [3.63, 3.8) is 0 Å². The van der Waals surface area contributed by atoms with E-state index in [0.717, 1.165) is 4.57 Å². The van der Waals surface area contributed by atoms with Gasteiger partial charge in [-0.15, -0.1) is 0 Å². The van der Waals surface area contributed by atoms with Crippen LogP contribution >= 0.6 is 0 Å². The molecule has 0 unspecified atom stereocenters. The molecule has 0 bridgehead atoms. The molecule has 1 aromatic heterocycles. The van der Waals surface area contributed by atoms with Crippen molar-refractivity contribution in [3.05, 3.63) is 68.5 Å². The average Bonchev–Trinajstić information content (AvgIpc) is 2.43. The predicted molar refractivity (Wildman–Crippen MR) is 71.2 cm³/mol. The standard InChI is InChI=1S/C14H14N2O3/c1-15-11(9-13(18)16(2)14(15)19)8-12(17)10-6-4-3-5-7-10/h3-9,17H,1-2H3/p-1/b12-8-. The van der Waals surface area contributed by atoms with Crippen molar-refractivity contribution >= 4 is 11.8 Å². The van der Waals surface area contributed by atoms with Crippen LogP contribution in [0.15, 0.2) is 46.0 Å². The van der Waals surface area contributed by atoms with Crippen molar-refractivity contribution < 1.29 is 5.11 Å². The zero-order valence-corrected chi connectivity index (χ0v) is 10.7. The van der Waals surface area contributed by atoms with Crippen LogP contribution in [0.1, 0.15) is 11.3 Å². The molecule has 2 rings (SSSR count). The quantitative estimate of drug-likeness (QED) is 0.708. The molecule has 0 aliphatic carbocycles. The summed E-state index contributed by atoms with van der Waals surface area (Å²) in [4.78, 5) is 23.3. The van der Waals surface area contributed by atoms with E-state index in [1.165, 1.54) is 30.8 Å². The van der Waals surface area contributed by atoms with E-state index < -0.39 is 11.2 Å². The fourth-order valence-corrected chi connectivity index (χ4v) is 1.71. The highest BCUT2D eigenvalue weighted by Crippen LogP contribution is 2.10. The van der Waals surface area contributed by atoms with Gasteiger partial charge in [0.05, 0.1) is 0 Å². The summed E-state index contributed by atoms with van der Waals surface area (Å²) in [5, 5.41) is 12.0. The number of hydrogen-bond acceptors (Lipinski definition) is 3. The highest BCUT2D eigenvalue weighted by Gasteiger charge is 2.03. The smallest absolute Gasteiger partial charge is 0.330 e. The first kappa shape index (κ1) is 12.9. The summed E-state index contributed by atoms with van der Waals surface area (Å²) in [5.74, 6) is -0.246. The Balaban J connectivity index is 2.56. The zero-order valence-electron chi connectivity index (χ0n) is 10.7.